The molecule has 0 spiro atoms. The van der Waals surface area contributed by atoms with E-state index in [4.69, 9.17) is 5.11 Å². The van der Waals surface area contributed by atoms with Gasteiger partial charge in [-0.15, -0.1) is 0 Å². The van der Waals surface area contributed by atoms with Gasteiger partial charge in [0.2, 0.25) is 0 Å². The molecular weight excluding hydrogens is 276 g/mol. The number of piperidine rings is 1. The van der Waals surface area contributed by atoms with Crippen molar-refractivity contribution in [2.24, 2.45) is 11.8 Å². The van der Waals surface area contributed by atoms with Crippen LogP contribution in [0.5, 0.6) is 0 Å². The molecule has 1 aliphatic heterocycles. The molecule has 0 aromatic rings. The van der Waals surface area contributed by atoms with E-state index in [-0.39, 0.29) is 18.6 Å². The summed E-state index contributed by atoms with van der Waals surface area (Å²) in [6.45, 7) is 3.38. The summed E-state index contributed by atoms with van der Waals surface area (Å²) in [4.78, 5) is 0. The summed E-state index contributed by atoms with van der Waals surface area (Å²) in [5.41, 5.74) is 0. The van der Waals surface area contributed by atoms with E-state index in [0.29, 0.717) is 19.0 Å². The monoisotopic (exact) mass is 304 g/mol. The third kappa shape index (κ3) is 4.16. The average molecular weight is 304 g/mol. The Balaban J connectivity index is 1.93. The summed E-state index contributed by atoms with van der Waals surface area (Å²) in [5, 5.41) is 9.12. The van der Waals surface area contributed by atoms with Crippen LogP contribution >= 0.6 is 0 Å². The molecule has 1 aliphatic carbocycles. The molecule has 1 saturated carbocycles. The number of aliphatic hydroxyl groups excluding tert-OH is 1. The Hall–Kier alpha value is -0.170. The lowest BCUT2D eigenvalue weighted by molar-refractivity contribution is 0.169. The molecule has 2 rings (SSSR count). The standard InChI is InChI=1S/C14H28N2O3S/c1-12-5-3-2-4-6-14(12)15-20(18,19)16-9-7-13(11-17)8-10-16/h12-15,17H,2-11H2,1H3. The van der Waals surface area contributed by atoms with Crippen LogP contribution in [0.25, 0.3) is 0 Å². The second-order valence-electron chi connectivity index (χ2n) is 6.37. The molecule has 2 atom stereocenters. The highest BCUT2D eigenvalue weighted by molar-refractivity contribution is 7.87. The van der Waals surface area contributed by atoms with Crippen LogP contribution in [-0.4, -0.2) is 43.6 Å². The Morgan fingerprint density at radius 2 is 1.75 bits per heavy atom. The summed E-state index contributed by atoms with van der Waals surface area (Å²) < 4.78 is 29.4. The summed E-state index contributed by atoms with van der Waals surface area (Å²) in [7, 11) is -3.36. The molecule has 2 N–H and O–H groups in total. The molecule has 0 aromatic heterocycles. The van der Waals surface area contributed by atoms with Gasteiger partial charge in [0, 0.05) is 25.7 Å². The maximum atomic E-state index is 12.5. The lowest BCUT2D eigenvalue weighted by Gasteiger charge is -2.32. The first-order valence-electron chi connectivity index (χ1n) is 7.91. The molecule has 0 bridgehead atoms. The van der Waals surface area contributed by atoms with Crippen LogP contribution in [0, 0.1) is 11.8 Å². The predicted molar refractivity (Wildman–Crippen MR) is 79.5 cm³/mol. The molecule has 0 radical (unpaired) electrons. The van der Waals surface area contributed by atoms with Crippen LogP contribution in [0.2, 0.25) is 0 Å². The maximum Gasteiger partial charge on any atom is 0.279 e. The lowest BCUT2D eigenvalue weighted by atomic mass is 9.98. The van der Waals surface area contributed by atoms with Gasteiger partial charge in [-0.2, -0.15) is 17.4 Å². The van der Waals surface area contributed by atoms with E-state index in [2.05, 4.69) is 11.6 Å². The SMILES string of the molecule is CC1CCCCCC1NS(=O)(=O)N1CCC(CO)CC1. The Morgan fingerprint density at radius 1 is 1.10 bits per heavy atom. The van der Waals surface area contributed by atoms with Crippen LogP contribution in [0.4, 0.5) is 0 Å². The van der Waals surface area contributed by atoms with Gasteiger partial charge in [-0.25, -0.2) is 0 Å². The topological polar surface area (TPSA) is 69.6 Å². The van der Waals surface area contributed by atoms with E-state index in [1.165, 1.54) is 12.8 Å². The van der Waals surface area contributed by atoms with Crippen LogP contribution in [0.1, 0.15) is 51.9 Å². The molecule has 0 amide bonds. The van der Waals surface area contributed by atoms with Crippen LogP contribution in [0.3, 0.4) is 0 Å². The Morgan fingerprint density at radius 3 is 2.40 bits per heavy atom. The van der Waals surface area contributed by atoms with Crippen molar-refractivity contribution in [3.05, 3.63) is 0 Å². The number of hydrogen-bond donors (Lipinski definition) is 2. The summed E-state index contributed by atoms with van der Waals surface area (Å²) >= 11 is 0. The number of aliphatic hydroxyl groups is 1. The molecule has 2 aliphatic rings. The number of rotatable bonds is 4. The van der Waals surface area contributed by atoms with Gasteiger partial charge < -0.3 is 5.11 Å². The minimum atomic E-state index is -3.36. The minimum absolute atomic E-state index is 0.0815. The van der Waals surface area contributed by atoms with Crippen molar-refractivity contribution in [1.29, 1.82) is 0 Å². The van der Waals surface area contributed by atoms with Crippen molar-refractivity contribution in [3.63, 3.8) is 0 Å². The predicted octanol–water partition coefficient (Wildman–Crippen LogP) is 1.49. The zero-order valence-corrected chi connectivity index (χ0v) is 13.2. The van der Waals surface area contributed by atoms with E-state index >= 15 is 0 Å². The first-order chi connectivity index (χ1) is 9.53. The van der Waals surface area contributed by atoms with Gasteiger partial charge in [-0.1, -0.05) is 26.2 Å². The van der Waals surface area contributed by atoms with E-state index < -0.39 is 10.2 Å². The molecule has 0 aromatic carbocycles. The van der Waals surface area contributed by atoms with Gasteiger partial charge in [-0.05, 0) is 37.5 Å². The third-order valence-electron chi connectivity index (χ3n) is 4.83. The van der Waals surface area contributed by atoms with Gasteiger partial charge in [0.15, 0.2) is 0 Å². The highest BCUT2D eigenvalue weighted by Crippen LogP contribution is 2.25. The van der Waals surface area contributed by atoms with Crippen LogP contribution in [-0.2, 0) is 10.2 Å². The fourth-order valence-corrected chi connectivity index (χ4v) is 4.84. The maximum absolute atomic E-state index is 12.5. The zero-order valence-electron chi connectivity index (χ0n) is 12.4. The lowest BCUT2D eigenvalue weighted by Crippen LogP contribution is -2.49. The van der Waals surface area contributed by atoms with Gasteiger partial charge >= 0.3 is 0 Å². The van der Waals surface area contributed by atoms with Crippen LogP contribution < -0.4 is 4.72 Å². The van der Waals surface area contributed by atoms with E-state index in [0.717, 1.165) is 32.1 Å². The zero-order chi connectivity index (χ0) is 14.6. The van der Waals surface area contributed by atoms with Crippen molar-refractivity contribution in [2.45, 2.75) is 57.9 Å². The van der Waals surface area contributed by atoms with Gasteiger partial charge in [0.1, 0.15) is 0 Å². The first-order valence-corrected chi connectivity index (χ1v) is 9.35. The van der Waals surface area contributed by atoms with Crippen molar-refractivity contribution < 1.29 is 13.5 Å². The normalized spacial score (nSPS) is 31.1. The smallest absolute Gasteiger partial charge is 0.279 e. The third-order valence-corrected chi connectivity index (χ3v) is 6.48. The quantitative estimate of drug-likeness (QED) is 0.773. The number of hydrogen-bond acceptors (Lipinski definition) is 3. The highest BCUT2D eigenvalue weighted by Gasteiger charge is 2.31. The Kier molecular flexibility index (Phi) is 5.84. The van der Waals surface area contributed by atoms with Gasteiger partial charge in [0.25, 0.3) is 10.2 Å². The van der Waals surface area contributed by atoms with E-state index in [1.807, 2.05) is 0 Å². The molecule has 20 heavy (non-hydrogen) atoms. The van der Waals surface area contributed by atoms with E-state index in [1.54, 1.807) is 4.31 Å². The minimum Gasteiger partial charge on any atom is -0.396 e. The Bertz CT molecular complexity index is 391. The fraction of sp³-hybridized carbons (Fsp3) is 1.00. The van der Waals surface area contributed by atoms with Crippen molar-refractivity contribution in [1.82, 2.24) is 9.03 Å². The van der Waals surface area contributed by atoms with Gasteiger partial charge in [-0.3, -0.25) is 0 Å². The molecule has 118 valence electrons. The second kappa shape index (κ2) is 7.20. The summed E-state index contributed by atoms with van der Waals surface area (Å²) in [6, 6.07) is 0.0815. The van der Waals surface area contributed by atoms with Crippen molar-refractivity contribution >= 4 is 10.2 Å². The molecular formula is C14H28N2O3S. The molecule has 2 fully saturated rings. The molecule has 2 unspecified atom stereocenters. The second-order valence-corrected chi connectivity index (χ2v) is 8.07. The summed E-state index contributed by atoms with van der Waals surface area (Å²) in [6.07, 6.45) is 7.12. The molecule has 1 heterocycles. The largest absolute Gasteiger partial charge is 0.396 e. The van der Waals surface area contributed by atoms with Crippen molar-refractivity contribution in [3.8, 4) is 0 Å². The Labute approximate surface area is 122 Å². The average Bonchev–Trinajstić information content (AvgIpc) is 2.64. The number of nitrogens with one attached hydrogen (secondary N) is 1. The van der Waals surface area contributed by atoms with Crippen molar-refractivity contribution in [2.75, 3.05) is 19.7 Å². The molecule has 6 heteroatoms. The highest BCUT2D eigenvalue weighted by atomic mass is 32.2. The molecule has 1 saturated heterocycles. The van der Waals surface area contributed by atoms with Crippen LogP contribution in [0.15, 0.2) is 0 Å². The van der Waals surface area contributed by atoms with Gasteiger partial charge in [0.05, 0.1) is 0 Å². The van der Waals surface area contributed by atoms with E-state index in [9.17, 15) is 8.42 Å². The first kappa shape index (κ1) is 16.2. The number of nitrogens with zero attached hydrogens (tertiary/aromatic N) is 1. The summed E-state index contributed by atoms with van der Waals surface area (Å²) in [5.74, 6) is 0.681. The fourth-order valence-electron chi connectivity index (χ4n) is 3.27. The molecule has 5 nitrogen and oxygen atoms in total.